The van der Waals surface area contributed by atoms with Gasteiger partial charge in [-0.2, -0.15) is 4.98 Å². The number of rotatable bonds is 4. The van der Waals surface area contributed by atoms with Crippen molar-refractivity contribution in [3.8, 4) is 0 Å². The number of hydrogen-bond donors (Lipinski definition) is 1. The van der Waals surface area contributed by atoms with Crippen LogP contribution in [0.15, 0.2) is 41.3 Å². The number of carbonyl (C=O) groups is 3. The minimum Gasteiger partial charge on any atom is -0.378 e. The second-order valence-corrected chi connectivity index (χ2v) is 9.06. The van der Waals surface area contributed by atoms with Gasteiger partial charge in [-0.15, -0.1) is 0 Å². The zero-order valence-corrected chi connectivity index (χ0v) is 19.3. The lowest BCUT2D eigenvalue weighted by Crippen LogP contribution is -2.49. The van der Waals surface area contributed by atoms with Crippen molar-refractivity contribution in [2.45, 2.75) is 0 Å². The van der Waals surface area contributed by atoms with Crippen molar-refractivity contribution in [3.05, 3.63) is 52.6 Å². The lowest BCUT2D eigenvalue weighted by atomic mass is 10.2. The van der Waals surface area contributed by atoms with E-state index in [9.17, 15) is 14.4 Å². The van der Waals surface area contributed by atoms with Crippen LogP contribution in [0.2, 0.25) is 0 Å². The Morgan fingerprint density at radius 1 is 0.971 bits per heavy atom. The van der Waals surface area contributed by atoms with Gasteiger partial charge in [-0.3, -0.25) is 19.7 Å². The van der Waals surface area contributed by atoms with Crippen LogP contribution in [0, 0.1) is 0 Å². The van der Waals surface area contributed by atoms with Crippen LogP contribution >= 0.6 is 11.8 Å². The Bertz CT molecular complexity index is 1130. The number of ether oxygens (including phenoxy) is 1. The van der Waals surface area contributed by atoms with Gasteiger partial charge in [0, 0.05) is 50.9 Å². The second-order valence-electron chi connectivity index (χ2n) is 8.05. The fourth-order valence-electron chi connectivity index (χ4n) is 4.04. The van der Waals surface area contributed by atoms with Crippen molar-refractivity contribution >= 4 is 46.7 Å². The van der Waals surface area contributed by atoms with Gasteiger partial charge in [0.1, 0.15) is 5.82 Å². The third-order valence-electron chi connectivity index (χ3n) is 5.85. The van der Waals surface area contributed by atoms with Gasteiger partial charge in [-0.1, -0.05) is 18.2 Å². The van der Waals surface area contributed by atoms with E-state index in [-0.39, 0.29) is 5.91 Å². The number of amides is 3. The highest BCUT2D eigenvalue weighted by atomic mass is 32.2. The molecule has 11 heteroatoms. The van der Waals surface area contributed by atoms with E-state index in [4.69, 9.17) is 9.72 Å². The predicted octanol–water partition coefficient (Wildman–Crippen LogP) is 1.60. The Morgan fingerprint density at radius 2 is 1.71 bits per heavy atom. The zero-order valence-electron chi connectivity index (χ0n) is 18.5. The van der Waals surface area contributed by atoms with E-state index in [0.29, 0.717) is 74.6 Å². The quantitative estimate of drug-likeness (QED) is 0.653. The number of aromatic nitrogens is 2. The minimum absolute atomic E-state index is 0.0163. The van der Waals surface area contributed by atoms with E-state index in [1.165, 1.54) is 0 Å². The molecule has 0 atom stereocenters. The molecule has 3 aliphatic heterocycles. The molecule has 1 aromatic carbocycles. The van der Waals surface area contributed by atoms with Crippen LogP contribution in [0.3, 0.4) is 0 Å². The first-order chi connectivity index (χ1) is 16.6. The Hall–Kier alpha value is -3.44. The molecule has 3 fully saturated rings. The predicted molar refractivity (Wildman–Crippen MR) is 129 cm³/mol. The van der Waals surface area contributed by atoms with Crippen LogP contribution in [0.25, 0.3) is 6.08 Å². The molecule has 10 nitrogen and oxygen atoms in total. The molecule has 5 rings (SSSR count). The maximum atomic E-state index is 12.8. The Balaban J connectivity index is 1.37. The van der Waals surface area contributed by atoms with Crippen molar-refractivity contribution in [1.82, 2.24) is 20.2 Å². The molecular weight excluding hydrogens is 456 g/mol. The average molecular weight is 481 g/mol. The number of nitrogens with one attached hydrogen (secondary N) is 1. The van der Waals surface area contributed by atoms with E-state index in [0.717, 1.165) is 17.6 Å². The molecule has 0 bridgehead atoms. The van der Waals surface area contributed by atoms with Gasteiger partial charge in [-0.05, 0) is 30.0 Å². The number of benzene rings is 1. The van der Waals surface area contributed by atoms with Crippen LogP contribution in [0.4, 0.5) is 16.6 Å². The van der Waals surface area contributed by atoms with Gasteiger partial charge in [-0.25, -0.2) is 4.98 Å². The van der Waals surface area contributed by atoms with Gasteiger partial charge in [0.05, 0.1) is 23.8 Å². The molecule has 1 aromatic heterocycles. The molecule has 1 N–H and O–H groups in total. The fourth-order valence-corrected chi connectivity index (χ4v) is 4.70. The standard InChI is InChI=1S/C23H24N6O4S/c30-20-18(34-23(32)26-20)14-17-15-19(27-10-12-33-13-11-27)25-22(24-17)29-8-6-28(7-9-29)21(31)16-4-2-1-3-5-16/h1-5,14-15H,6-13H2,(H,26,30,32)/b18-14-. The van der Waals surface area contributed by atoms with Crippen LogP contribution in [0.1, 0.15) is 16.1 Å². The second kappa shape index (κ2) is 9.82. The molecule has 4 heterocycles. The number of morpholine rings is 1. The molecule has 3 saturated heterocycles. The van der Waals surface area contributed by atoms with Crippen LogP contribution < -0.4 is 15.1 Å². The van der Waals surface area contributed by atoms with Crippen molar-refractivity contribution in [2.24, 2.45) is 0 Å². The van der Waals surface area contributed by atoms with Crippen LogP contribution in [-0.2, 0) is 9.53 Å². The topological polar surface area (TPSA) is 108 Å². The molecule has 0 aliphatic carbocycles. The summed E-state index contributed by atoms with van der Waals surface area (Å²) in [6.07, 6.45) is 1.62. The maximum Gasteiger partial charge on any atom is 0.290 e. The summed E-state index contributed by atoms with van der Waals surface area (Å²) in [4.78, 5) is 52.2. The number of thioether (sulfide) groups is 1. The van der Waals surface area contributed by atoms with Gasteiger partial charge in [0.15, 0.2) is 0 Å². The third-order valence-corrected chi connectivity index (χ3v) is 6.66. The van der Waals surface area contributed by atoms with Crippen LogP contribution in [0.5, 0.6) is 0 Å². The molecule has 176 valence electrons. The largest absolute Gasteiger partial charge is 0.378 e. The highest BCUT2D eigenvalue weighted by molar-refractivity contribution is 8.18. The minimum atomic E-state index is -0.420. The Morgan fingerprint density at radius 3 is 2.38 bits per heavy atom. The SMILES string of the molecule is O=C1NC(=O)/C(=C/c2cc(N3CCOCC3)nc(N3CCN(C(=O)c4ccccc4)CC3)n2)S1. The summed E-state index contributed by atoms with van der Waals surface area (Å²) in [5.41, 5.74) is 1.24. The van der Waals surface area contributed by atoms with E-state index in [1.54, 1.807) is 6.08 Å². The summed E-state index contributed by atoms with van der Waals surface area (Å²) in [5, 5.41) is 1.88. The van der Waals surface area contributed by atoms with Gasteiger partial charge in [0.25, 0.3) is 17.1 Å². The third kappa shape index (κ3) is 4.90. The van der Waals surface area contributed by atoms with Gasteiger partial charge < -0.3 is 19.4 Å². The summed E-state index contributed by atoms with van der Waals surface area (Å²) in [6, 6.07) is 11.1. The highest BCUT2D eigenvalue weighted by Gasteiger charge is 2.27. The highest BCUT2D eigenvalue weighted by Crippen LogP contribution is 2.27. The summed E-state index contributed by atoms with van der Waals surface area (Å²) >= 11 is 0.863. The number of hydrogen-bond acceptors (Lipinski definition) is 9. The smallest absolute Gasteiger partial charge is 0.290 e. The van der Waals surface area contributed by atoms with Gasteiger partial charge in [0.2, 0.25) is 5.95 Å². The maximum absolute atomic E-state index is 12.8. The summed E-state index contributed by atoms with van der Waals surface area (Å²) < 4.78 is 5.46. The molecular formula is C23H24N6O4S. The number of imide groups is 1. The molecule has 34 heavy (non-hydrogen) atoms. The van der Waals surface area contributed by atoms with E-state index < -0.39 is 11.1 Å². The summed E-state index contributed by atoms with van der Waals surface area (Å²) in [5.74, 6) is 0.883. The number of nitrogens with zero attached hydrogens (tertiary/aromatic N) is 5. The molecule has 3 aliphatic rings. The normalized spacial score (nSPS) is 20.1. The number of piperazine rings is 1. The molecule has 3 amide bonds. The fraction of sp³-hybridized carbons (Fsp3) is 0.348. The summed E-state index contributed by atoms with van der Waals surface area (Å²) in [6.45, 7) is 4.94. The average Bonchev–Trinajstić information content (AvgIpc) is 3.20. The Kier molecular flexibility index (Phi) is 6.45. The number of anilines is 2. The number of carbonyl (C=O) groups excluding carboxylic acids is 3. The lowest BCUT2D eigenvalue weighted by molar-refractivity contribution is -0.115. The van der Waals surface area contributed by atoms with Crippen LogP contribution in [-0.4, -0.2) is 84.4 Å². The molecule has 0 unspecified atom stereocenters. The van der Waals surface area contributed by atoms with E-state index in [2.05, 4.69) is 15.2 Å². The van der Waals surface area contributed by atoms with Crippen molar-refractivity contribution in [2.75, 3.05) is 62.3 Å². The lowest BCUT2D eigenvalue weighted by Gasteiger charge is -2.35. The molecule has 0 spiro atoms. The first-order valence-corrected chi connectivity index (χ1v) is 11.9. The molecule has 2 aromatic rings. The van der Waals surface area contributed by atoms with E-state index >= 15 is 0 Å². The first-order valence-electron chi connectivity index (χ1n) is 11.1. The van der Waals surface area contributed by atoms with E-state index in [1.807, 2.05) is 46.2 Å². The van der Waals surface area contributed by atoms with Crippen molar-refractivity contribution < 1.29 is 19.1 Å². The molecule has 0 saturated carbocycles. The Labute approximate surface area is 201 Å². The van der Waals surface area contributed by atoms with Crippen molar-refractivity contribution in [3.63, 3.8) is 0 Å². The first kappa shape index (κ1) is 22.4. The summed E-state index contributed by atoms with van der Waals surface area (Å²) in [7, 11) is 0. The zero-order chi connectivity index (χ0) is 23.5. The monoisotopic (exact) mass is 480 g/mol. The van der Waals surface area contributed by atoms with Gasteiger partial charge >= 0.3 is 0 Å². The molecule has 0 radical (unpaired) electrons. The van der Waals surface area contributed by atoms with Crippen molar-refractivity contribution in [1.29, 1.82) is 0 Å².